The molecule has 0 aliphatic carbocycles. The molecule has 2 heterocycles. The van der Waals surface area contributed by atoms with Gasteiger partial charge in [-0.15, -0.1) is 0 Å². The van der Waals surface area contributed by atoms with Gasteiger partial charge in [0.25, 0.3) is 0 Å². The average molecular weight is 307 g/mol. The van der Waals surface area contributed by atoms with Crippen molar-refractivity contribution in [2.24, 2.45) is 0 Å². The van der Waals surface area contributed by atoms with Crippen LogP contribution in [0.15, 0.2) is 48.7 Å². The Morgan fingerprint density at radius 2 is 1.83 bits per heavy atom. The van der Waals surface area contributed by atoms with Gasteiger partial charge in [-0.2, -0.15) is 5.26 Å². The number of anilines is 2. The quantitative estimate of drug-likeness (QED) is 0.924. The number of piperazine rings is 1. The Morgan fingerprint density at radius 3 is 2.52 bits per heavy atom. The molecule has 6 nitrogen and oxygen atoms in total. The number of carbonyl (C=O) groups excluding carboxylic acids is 1. The Labute approximate surface area is 135 Å². The Bertz CT molecular complexity index is 717. The van der Waals surface area contributed by atoms with Crippen molar-refractivity contribution >= 4 is 17.5 Å². The van der Waals surface area contributed by atoms with Gasteiger partial charge in [0.05, 0.1) is 5.56 Å². The van der Waals surface area contributed by atoms with Crippen LogP contribution in [0.25, 0.3) is 0 Å². The first-order chi connectivity index (χ1) is 11.3. The minimum absolute atomic E-state index is 0.0997. The van der Waals surface area contributed by atoms with Crippen molar-refractivity contribution in [3.05, 3.63) is 54.2 Å². The van der Waals surface area contributed by atoms with Gasteiger partial charge in [0.1, 0.15) is 11.9 Å². The number of para-hydroxylation sites is 1. The molecule has 0 saturated carbocycles. The average Bonchev–Trinajstić information content (AvgIpc) is 2.62. The van der Waals surface area contributed by atoms with Crippen LogP contribution in [0.2, 0.25) is 0 Å². The second kappa shape index (κ2) is 6.79. The van der Waals surface area contributed by atoms with Gasteiger partial charge < -0.3 is 15.1 Å². The third-order valence-electron chi connectivity index (χ3n) is 3.80. The number of amides is 2. The molecule has 2 aromatic rings. The molecule has 3 rings (SSSR count). The first-order valence-electron chi connectivity index (χ1n) is 7.49. The monoisotopic (exact) mass is 307 g/mol. The maximum Gasteiger partial charge on any atom is 0.321 e. The van der Waals surface area contributed by atoms with Crippen molar-refractivity contribution in [1.82, 2.24) is 9.88 Å². The van der Waals surface area contributed by atoms with E-state index in [0.29, 0.717) is 37.6 Å². The molecule has 0 bridgehead atoms. The summed E-state index contributed by atoms with van der Waals surface area (Å²) in [6.45, 7) is 2.52. The zero-order valence-electron chi connectivity index (χ0n) is 12.6. The van der Waals surface area contributed by atoms with E-state index in [1.807, 2.05) is 35.2 Å². The number of carbonyl (C=O) groups is 1. The lowest BCUT2D eigenvalue weighted by Crippen LogP contribution is -2.50. The van der Waals surface area contributed by atoms with Crippen LogP contribution in [0.4, 0.5) is 16.3 Å². The highest BCUT2D eigenvalue weighted by Gasteiger charge is 2.23. The Morgan fingerprint density at radius 1 is 1.09 bits per heavy atom. The van der Waals surface area contributed by atoms with Gasteiger partial charge in [0.15, 0.2) is 0 Å². The Kier molecular flexibility index (Phi) is 4.39. The molecule has 1 aromatic heterocycles. The predicted molar refractivity (Wildman–Crippen MR) is 88.2 cm³/mol. The third kappa shape index (κ3) is 3.40. The van der Waals surface area contributed by atoms with Crippen LogP contribution in [0.3, 0.4) is 0 Å². The largest absolute Gasteiger partial charge is 0.352 e. The molecule has 0 spiro atoms. The summed E-state index contributed by atoms with van der Waals surface area (Å²) < 4.78 is 0. The van der Waals surface area contributed by atoms with E-state index in [1.165, 1.54) is 0 Å². The fourth-order valence-electron chi connectivity index (χ4n) is 2.58. The minimum atomic E-state index is -0.0997. The first-order valence-corrected chi connectivity index (χ1v) is 7.49. The standard InChI is InChI=1S/C17H17N5O/c18-13-14-5-4-8-19-16(14)21-9-11-22(12-10-21)17(23)20-15-6-2-1-3-7-15/h1-8H,9-12H2,(H,20,23). The summed E-state index contributed by atoms with van der Waals surface area (Å²) in [5.74, 6) is 0.693. The summed E-state index contributed by atoms with van der Waals surface area (Å²) in [6, 6.07) is 15.0. The molecule has 1 aromatic carbocycles. The topological polar surface area (TPSA) is 72.3 Å². The summed E-state index contributed by atoms with van der Waals surface area (Å²) in [7, 11) is 0. The van der Waals surface area contributed by atoms with Gasteiger partial charge in [-0.3, -0.25) is 0 Å². The van der Waals surface area contributed by atoms with E-state index in [4.69, 9.17) is 5.26 Å². The minimum Gasteiger partial charge on any atom is -0.352 e. The third-order valence-corrected chi connectivity index (χ3v) is 3.80. The van der Waals surface area contributed by atoms with Gasteiger partial charge >= 0.3 is 6.03 Å². The Hall–Kier alpha value is -3.07. The van der Waals surface area contributed by atoms with Crippen molar-refractivity contribution in [1.29, 1.82) is 5.26 Å². The predicted octanol–water partition coefficient (Wildman–Crippen LogP) is 2.31. The van der Waals surface area contributed by atoms with Crippen LogP contribution in [0.1, 0.15) is 5.56 Å². The molecule has 2 amide bonds. The van der Waals surface area contributed by atoms with Crippen LogP contribution in [0.5, 0.6) is 0 Å². The summed E-state index contributed by atoms with van der Waals surface area (Å²) in [5.41, 5.74) is 1.35. The fourth-order valence-corrected chi connectivity index (χ4v) is 2.58. The molecule has 1 aliphatic rings. The van der Waals surface area contributed by atoms with Gasteiger partial charge in [-0.1, -0.05) is 18.2 Å². The van der Waals surface area contributed by atoms with E-state index in [2.05, 4.69) is 16.4 Å². The zero-order chi connectivity index (χ0) is 16.1. The number of nitrogens with zero attached hydrogens (tertiary/aromatic N) is 4. The lowest BCUT2D eigenvalue weighted by Gasteiger charge is -2.35. The smallest absolute Gasteiger partial charge is 0.321 e. The zero-order valence-corrected chi connectivity index (χ0v) is 12.6. The Balaban J connectivity index is 1.60. The SMILES string of the molecule is N#Cc1cccnc1N1CCN(C(=O)Nc2ccccc2)CC1. The molecule has 1 aliphatic heterocycles. The van der Waals surface area contributed by atoms with Crippen molar-refractivity contribution in [3.8, 4) is 6.07 Å². The number of rotatable bonds is 2. The van der Waals surface area contributed by atoms with Crippen LogP contribution in [0, 0.1) is 11.3 Å². The molecular weight excluding hydrogens is 290 g/mol. The van der Waals surface area contributed by atoms with Crippen molar-refractivity contribution in [3.63, 3.8) is 0 Å². The summed E-state index contributed by atoms with van der Waals surface area (Å²) >= 11 is 0. The molecule has 1 saturated heterocycles. The normalized spacial score (nSPS) is 14.2. The summed E-state index contributed by atoms with van der Waals surface area (Å²) in [5, 5.41) is 12.1. The molecule has 6 heteroatoms. The lowest BCUT2D eigenvalue weighted by molar-refractivity contribution is 0.208. The second-order valence-electron chi connectivity index (χ2n) is 5.26. The molecule has 116 valence electrons. The number of nitrogens with one attached hydrogen (secondary N) is 1. The van der Waals surface area contributed by atoms with E-state index < -0.39 is 0 Å². The number of urea groups is 1. The highest BCUT2D eigenvalue weighted by atomic mass is 16.2. The molecule has 0 radical (unpaired) electrons. The van der Waals surface area contributed by atoms with Crippen molar-refractivity contribution in [2.75, 3.05) is 36.4 Å². The van der Waals surface area contributed by atoms with Crippen LogP contribution >= 0.6 is 0 Å². The molecule has 1 fully saturated rings. The first kappa shape index (κ1) is 14.9. The molecule has 0 unspecified atom stereocenters. The maximum absolute atomic E-state index is 12.3. The van der Waals surface area contributed by atoms with Gasteiger partial charge in [-0.05, 0) is 24.3 Å². The molecule has 0 atom stereocenters. The van der Waals surface area contributed by atoms with Gasteiger partial charge in [-0.25, -0.2) is 9.78 Å². The number of benzene rings is 1. The van der Waals surface area contributed by atoms with Crippen molar-refractivity contribution < 1.29 is 4.79 Å². The van der Waals surface area contributed by atoms with E-state index >= 15 is 0 Å². The fraction of sp³-hybridized carbons (Fsp3) is 0.235. The molecular formula is C17H17N5O. The van der Waals surface area contributed by atoms with Crippen LogP contribution in [-0.2, 0) is 0 Å². The highest BCUT2D eigenvalue weighted by Crippen LogP contribution is 2.18. The maximum atomic E-state index is 12.3. The lowest BCUT2D eigenvalue weighted by atomic mass is 10.2. The van der Waals surface area contributed by atoms with E-state index in [0.717, 1.165) is 5.69 Å². The number of hydrogen-bond donors (Lipinski definition) is 1. The number of nitriles is 1. The van der Waals surface area contributed by atoms with Crippen molar-refractivity contribution in [2.45, 2.75) is 0 Å². The molecule has 1 N–H and O–H groups in total. The van der Waals surface area contributed by atoms with E-state index in [1.54, 1.807) is 23.2 Å². The molecule has 23 heavy (non-hydrogen) atoms. The number of hydrogen-bond acceptors (Lipinski definition) is 4. The van der Waals surface area contributed by atoms with Gasteiger partial charge in [0.2, 0.25) is 0 Å². The van der Waals surface area contributed by atoms with E-state index in [-0.39, 0.29) is 6.03 Å². The summed E-state index contributed by atoms with van der Waals surface area (Å²) in [6.07, 6.45) is 1.69. The summed E-state index contributed by atoms with van der Waals surface area (Å²) in [4.78, 5) is 20.4. The van der Waals surface area contributed by atoms with Gasteiger partial charge in [0, 0.05) is 38.1 Å². The number of aromatic nitrogens is 1. The van der Waals surface area contributed by atoms with Crippen LogP contribution in [-0.4, -0.2) is 42.1 Å². The highest BCUT2D eigenvalue weighted by molar-refractivity contribution is 5.89. The van der Waals surface area contributed by atoms with E-state index in [9.17, 15) is 4.79 Å². The van der Waals surface area contributed by atoms with Crippen LogP contribution < -0.4 is 10.2 Å². The number of pyridine rings is 1. The second-order valence-corrected chi connectivity index (χ2v) is 5.26.